The first-order chi connectivity index (χ1) is 10.2. The molecule has 21 heavy (non-hydrogen) atoms. The van der Waals surface area contributed by atoms with E-state index >= 15 is 0 Å². The number of hydrogen-bond donors (Lipinski definition) is 0. The monoisotopic (exact) mass is 290 g/mol. The van der Waals surface area contributed by atoms with Crippen molar-refractivity contribution in [3.05, 3.63) is 18.1 Å². The van der Waals surface area contributed by atoms with E-state index in [2.05, 4.69) is 44.9 Å². The van der Waals surface area contributed by atoms with Gasteiger partial charge in [0.25, 0.3) is 5.78 Å². The van der Waals surface area contributed by atoms with Crippen LogP contribution < -0.4 is 4.90 Å². The van der Waals surface area contributed by atoms with Gasteiger partial charge in [-0.2, -0.15) is 14.6 Å². The van der Waals surface area contributed by atoms with E-state index in [1.807, 2.05) is 4.52 Å². The number of likely N-dealkylation sites (N-methyl/N-ethyl adjacent to an activating group) is 1. The largest absolute Gasteiger partial charge is 0.378 e. The third-order valence-corrected chi connectivity index (χ3v) is 4.19. The zero-order valence-electron chi connectivity index (χ0n) is 12.9. The van der Waals surface area contributed by atoms with E-state index in [-0.39, 0.29) is 0 Å². The lowest BCUT2D eigenvalue weighted by Crippen LogP contribution is -2.34. The van der Waals surface area contributed by atoms with Crippen molar-refractivity contribution in [2.24, 2.45) is 0 Å². The van der Waals surface area contributed by atoms with E-state index < -0.39 is 0 Å². The third-order valence-electron chi connectivity index (χ3n) is 4.19. The molecule has 0 amide bonds. The van der Waals surface area contributed by atoms with Crippen molar-refractivity contribution >= 4 is 11.6 Å². The molecule has 2 aromatic heterocycles. The van der Waals surface area contributed by atoms with Crippen molar-refractivity contribution < 1.29 is 4.74 Å². The van der Waals surface area contributed by atoms with Crippen molar-refractivity contribution in [3.63, 3.8) is 0 Å². The molecule has 0 saturated carbocycles. The van der Waals surface area contributed by atoms with Crippen LogP contribution in [0.4, 0.5) is 5.82 Å². The fraction of sp³-hybridized carbons (Fsp3) is 0.643. The zero-order chi connectivity index (χ0) is 14.8. The molecule has 1 atom stereocenters. The van der Waals surface area contributed by atoms with Gasteiger partial charge < -0.3 is 14.5 Å². The van der Waals surface area contributed by atoms with Crippen LogP contribution in [-0.2, 0) is 11.3 Å². The van der Waals surface area contributed by atoms with Gasteiger partial charge in [-0.3, -0.25) is 0 Å². The van der Waals surface area contributed by atoms with E-state index in [0.29, 0.717) is 18.4 Å². The molecule has 1 saturated heterocycles. The highest BCUT2D eigenvalue weighted by atomic mass is 16.5. The minimum atomic E-state index is 0.489. The average Bonchev–Trinajstić information content (AvgIpc) is 3.14. The number of fused-ring (bicyclic) bond motifs is 1. The molecule has 1 aliphatic rings. The Labute approximate surface area is 124 Å². The Morgan fingerprint density at radius 1 is 1.48 bits per heavy atom. The highest BCUT2D eigenvalue weighted by Gasteiger charge is 2.27. The lowest BCUT2D eigenvalue weighted by molar-refractivity contribution is 0.181. The van der Waals surface area contributed by atoms with Crippen LogP contribution >= 0.6 is 0 Å². The molecule has 0 bridgehead atoms. The summed E-state index contributed by atoms with van der Waals surface area (Å²) in [6, 6.07) is 2.65. The molecule has 3 rings (SSSR count). The van der Waals surface area contributed by atoms with Gasteiger partial charge in [0.05, 0.1) is 12.3 Å². The summed E-state index contributed by atoms with van der Waals surface area (Å²) < 4.78 is 7.01. The van der Waals surface area contributed by atoms with Crippen LogP contribution in [0.25, 0.3) is 5.78 Å². The standard InChI is InChI=1S/C14H22N6O/c1-4-18(2)12-5-6-19(8-12)13-7-11(9-21-3)17-14-15-10-16-20(13)14/h7,10,12H,4-6,8-9H2,1-3H3. The van der Waals surface area contributed by atoms with Gasteiger partial charge >= 0.3 is 0 Å². The maximum absolute atomic E-state index is 5.20. The summed E-state index contributed by atoms with van der Waals surface area (Å²) >= 11 is 0. The van der Waals surface area contributed by atoms with E-state index in [0.717, 1.165) is 31.1 Å². The summed E-state index contributed by atoms with van der Waals surface area (Å²) in [6.07, 6.45) is 2.72. The molecule has 0 aromatic carbocycles. The van der Waals surface area contributed by atoms with Crippen molar-refractivity contribution in [3.8, 4) is 0 Å². The fourth-order valence-corrected chi connectivity index (χ4v) is 2.86. The smallest absolute Gasteiger partial charge is 0.254 e. The van der Waals surface area contributed by atoms with Crippen molar-refractivity contribution in [1.82, 2.24) is 24.5 Å². The topological polar surface area (TPSA) is 58.8 Å². The third kappa shape index (κ3) is 2.71. The molecule has 0 N–H and O–H groups in total. The summed E-state index contributed by atoms with van der Waals surface area (Å²) in [5.41, 5.74) is 0.889. The average molecular weight is 290 g/mol. The maximum Gasteiger partial charge on any atom is 0.254 e. The van der Waals surface area contributed by atoms with Crippen LogP contribution in [0.15, 0.2) is 12.4 Å². The van der Waals surface area contributed by atoms with Crippen molar-refractivity contribution in [2.45, 2.75) is 26.0 Å². The number of rotatable bonds is 5. The van der Waals surface area contributed by atoms with Gasteiger partial charge in [-0.15, -0.1) is 0 Å². The minimum Gasteiger partial charge on any atom is -0.378 e. The molecule has 7 heteroatoms. The van der Waals surface area contributed by atoms with Crippen LogP contribution in [0.1, 0.15) is 19.0 Å². The summed E-state index contributed by atoms with van der Waals surface area (Å²) in [4.78, 5) is 13.4. The van der Waals surface area contributed by atoms with Crippen LogP contribution in [0.2, 0.25) is 0 Å². The van der Waals surface area contributed by atoms with E-state index in [1.54, 1.807) is 13.4 Å². The number of anilines is 1. The summed E-state index contributed by atoms with van der Waals surface area (Å²) in [5.74, 6) is 1.68. The molecule has 1 fully saturated rings. The first-order valence-corrected chi connectivity index (χ1v) is 7.36. The van der Waals surface area contributed by atoms with Crippen molar-refractivity contribution in [1.29, 1.82) is 0 Å². The second-order valence-corrected chi connectivity index (χ2v) is 5.47. The predicted octanol–water partition coefficient (Wildman–Crippen LogP) is 0.801. The summed E-state index contributed by atoms with van der Waals surface area (Å²) in [5, 5.41) is 4.30. The number of aromatic nitrogens is 4. The molecule has 2 aromatic rings. The predicted molar refractivity (Wildman–Crippen MR) is 80.4 cm³/mol. The van der Waals surface area contributed by atoms with E-state index in [1.165, 1.54) is 6.42 Å². The molecule has 1 unspecified atom stereocenters. The minimum absolute atomic E-state index is 0.489. The highest BCUT2D eigenvalue weighted by molar-refractivity contribution is 5.48. The lowest BCUT2D eigenvalue weighted by Gasteiger charge is -2.24. The Morgan fingerprint density at radius 2 is 2.33 bits per heavy atom. The van der Waals surface area contributed by atoms with Gasteiger partial charge in [-0.05, 0) is 20.0 Å². The second kappa shape index (κ2) is 5.95. The Morgan fingerprint density at radius 3 is 3.10 bits per heavy atom. The molecule has 1 aliphatic heterocycles. The highest BCUT2D eigenvalue weighted by Crippen LogP contribution is 2.23. The number of hydrogen-bond acceptors (Lipinski definition) is 6. The second-order valence-electron chi connectivity index (χ2n) is 5.47. The maximum atomic E-state index is 5.20. The quantitative estimate of drug-likeness (QED) is 0.812. The van der Waals surface area contributed by atoms with Gasteiger partial charge in [0, 0.05) is 32.3 Å². The van der Waals surface area contributed by atoms with Crippen LogP contribution in [0, 0.1) is 0 Å². The normalized spacial score (nSPS) is 19.0. The van der Waals surface area contributed by atoms with Crippen LogP contribution in [0.5, 0.6) is 0 Å². The molecule has 3 heterocycles. The van der Waals surface area contributed by atoms with E-state index in [9.17, 15) is 0 Å². The lowest BCUT2D eigenvalue weighted by atomic mass is 10.2. The Balaban J connectivity index is 1.91. The molecule has 114 valence electrons. The molecule has 0 radical (unpaired) electrons. The number of ether oxygens (including phenoxy) is 1. The van der Waals surface area contributed by atoms with Gasteiger partial charge in [0.2, 0.25) is 0 Å². The van der Waals surface area contributed by atoms with Gasteiger partial charge in [-0.25, -0.2) is 4.98 Å². The van der Waals surface area contributed by atoms with E-state index in [4.69, 9.17) is 4.74 Å². The van der Waals surface area contributed by atoms with Crippen molar-refractivity contribution in [2.75, 3.05) is 38.7 Å². The Kier molecular flexibility index (Phi) is 4.03. The molecular weight excluding hydrogens is 268 g/mol. The molecular formula is C14H22N6O. The molecule has 0 spiro atoms. The first-order valence-electron chi connectivity index (χ1n) is 7.36. The first kappa shape index (κ1) is 14.2. The van der Waals surface area contributed by atoms with Gasteiger partial charge in [0.15, 0.2) is 0 Å². The molecule has 0 aliphatic carbocycles. The zero-order valence-corrected chi connectivity index (χ0v) is 12.9. The number of nitrogens with zero attached hydrogens (tertiary/aromatic N) is 6. The number of methoxy groups -OCH3 is 1. The Hall–Kier alpha value is -1.73. The van der Waals surface area contributed by atoms with Gasteiger partial charge in [-0.1, -0.05) is 6.92 Å². The fourth-order valence-electron chi connectivity index (χ4n) is 2.86. The Bertz CT molecular complexity index is 613. The molecule has 7 nitrogen and oxygen atoms in total. The SMILES string of the molecule is CCN(C)C1CCN(c2cc(COC)nc3ncnn23)C1. The summed E-state index contributed by atoms with van der Waals surface area (Å²) in [6.45, 7) is 5.79. The summed E-state index contributed by atoms with van der Waals surface area (Å²) in [7, 11) is 3.86. The van der Waals surface area contributed by atoms with Crippen LogP contribution in [-0.4, -0.2) is 64.3 Å². The van der Waals surface area contributed by atoms with Crippen LogP contribution in [0.3, 0.4) is 0 Å². The van der Waals surface area contributed by atoms with Gasteiger partial charge in [0.1, 0.15) is 12.1 Å².